The monoisotopic (exact) mass is 266 g/mol. The van der Waals surface area contributed by atoms with Crippen molar-refractivity contribution in [1.82, 2.24) is 10.2 Å². The Bertz CT molecular complexity index is 279. The summed E-state index contributed by atoms with van der Waals surface area (Å²) in [7, 11) is 4.50. The molecule has 0 heterocycles. The van der Waals surface area contributed by atoms with Gasteiger partial charge >= 0.3 is 0 Å². The molecule has 2 nitrogen and oxygen atoms in total. The van der Waals surface area contributed by atoms with Crippen LogP contribution in [0.1, 0.15) is 65.7 Å². The van der Waals surface area contributed by atoms with Crippen molar-refractivity contribution in [1.29, 1.82) is 0 Å². The molecule has 0 spiro atoms. The summed E-state index contributed by atoms with van der Waals surface area (Å²) < 4.78 is 0. The second kappa shape index (κ2) is 6.13. The van der Waals surface area contributed by atoms with Crippen molar-refractivity contribution in [2.75, 3.05) is 14.1 Å². The minimum Gasteiger partial charge on any atom is -0.317 e. The lowest BCUT2D eigenvalue weighted by Gasteiger charge is -2.46. The molecule has 19 heavy (non-hydrogen) atoms. The fraction of sp³-hybridized carbons (Fsp3) is 1.00. The lowest BCUT2D eigenvalue weighted by molar-refractivity contribution is 0.0432. The average Bonchev–Trinajstić information content (AvgIpc) is 2.35. The lowest BCUT2D eigenvalue weighted by atomic mass is 9.70. The lowest BCUT2D eigenvalue weighted by Crippen LogP contribution is -2.48. The van der Waals surface area contributed by atoms with E-state index in [9.17, 15) is 0 Å². The van der Waals surface area contributed by atoms with E-state index in [0.717, 1.165) is 24.0 Å². The topological polar surface area (TPSA) is 15.3 Å². The third-order valence-electron chi connectivity index (χ3n) is 5.62. The highest BCUT2D eigenvalue weighted by atomic mass is 15.2. The summed E-state index contributed by atoms with van der Waals surface area (Å²) in [5, 5.41) is 3.44. The molecule has 2 fully saturated rings. The fourth-order valence-corrected chi connectivity index (χ4v) is 4.68. The first-order chi connectivity index (χ1) is 8.91. The van der Waals surface area contributed by atoms with Crippen molar-refractivity contribution in [3.63, 3.8) is 0 Å². The highest BCUT2D eigenvalue weighted by Gasteiger charge is 2.36. The molecular formula is C17H34N2. The number of nitrogens with one attached hydrogen (secondary N) is 1. The van der Waals surface area contributed by atoms with Crippen molar-refractivity contribution in [2.45, 2.75) is 83.8 Å². The molecule has 0 aromatic heterocycles. The van der Waals surface area contributed by atoms with Crippen LogP contribution in [0.4, 0.5) is 0 Å². The Balaban J connectivity index is 1.90. The molecule has 2 aliphatic carbocycles. The van der Waals surface area contributed by atoms with E-state index < -0.39 is 0 Å². The normalized spacial score (nSPS) is 39.5. The number of nitrogens with zero attached hydrogens (tertiary/aromatic N) is 1. The second-order valence-corrected chi connectivity index (χ2v) is 8.03. The van der Waals surface area contributed by atoms with E-state index in [0.29, 0.717) is 5.41 Å². The van der Waals surface area contributed by atoms with E-state index in [4.69, 9.17) is 0 Å². The van der Waals surface area contributed by atoms with Gasteiger partial charge in [0.1, 0.15) is 0 Å². The van der Waals surface area contributed by atoms with Crippen LogP contribution in [0, 0.1) is 11.3 Å². The highest BCUT2D eigenvalue weighted by Crippen LogP contribution is 2.41. The molecule has 2 saturated carbocycles. The molecule has 0 saturated heterocycles. The van der Waals surface area contributed by atoms with Gasteiger partial charge in [0.25, 0.3) is 0 Å². The first kappa shape index (κ1) is 15.3. The quantitative estimate of drug-likeness (QED) is 0.838. The van der Waals surface area contributed by atoms with E-state index in [1.807, 2.05) is 0 Å². The Morgan fingerprint density at radius 3 is 2.16 bits per heavy atom. The molecule has 2 atom stereocenters. The second-order valence-electron chi connectivity index (χ2n) is 8.03. The van der Waals surface area contributed by atoms with Crippen LogP contribution in [-0.2, 0) is 0 Å². The van der Waals surface area contributed by atoms with Gasteiger partial charge in [-0.25, -0.2) is 0 Å². The van der Waals surface area contributed by atoms with Crippen molar-refractivity contribution >= 4 is 0 Å². The smallest absolute Gasteiger partial charge is 0.0103 e. The van der Waals surface area contributed by atoms with Gasteiger partial charge in [0, 0.05) is 18.1 Å². The molecule has 1 N–H and O–H groups in total. The van der Waals surface area contributed by atoms with Crippen LogP contribution >= 0.6 is 0 Å². The zero-order valence-corrected chi connectivity index (χ0v) is 13.7. The molecule has 0 amide bonds. The van der Waals surface area contributed by atoms with Crippen molar-refractivity contribution in [3.05, 3.63) is 0 Å². The van der Waals surface area contributed by atoms with Gasteiger partial charge in [-0.2, -0.15) is 0 Å². The fourth-order valence-electron chi connectivity index (χ4n) is 4.68. The molecule has 112 valence electrons. The minimum absolute atomic E-state index is 0.540. The summed E-state index contributed by atoms with van der Waals surface area (Å²) in [4.78, 5) is 2.74. The average molecular weight is 266 g/mol. The number of rotatable bonds is 3. The van der Waals surface area contributed by atoms with Gasteiger partial charge in [0.15, 0.2) is 0 Å². The maximum Gasteiger partial charge on any atom is 0.0103 e. The summed E-state index contributed by atoms with van der Waals surface area (Å²) in [5.74, 6) is 0.893. The Morgan fingerprint density at radius 1 is 1.00 bits per heavy atom. The summed E-state index contributed by atoms with van der Waals surface area (Å²) in [6.45, 7) is 7.36. The van der Waals surface area contributed by atoms with Crippen LogP contribution in [0.5, 0.6) is 0 Å². The van der Waals surface area contributed by atoms with Gasteiger partial charge in [-0.1, -0.05) is 20.8 Å². The van der Waals surface area contributed by atoms with E-state index in [-0.39, 0.29) is 0 Å². The summed E-state index contributed by atoms with van der Waals surface area (Å²) >= 11 is 0. The van der Waals surface area contributed by atoms with Gasteiger partial charge < -0.3 is 10.2 Å². The Morgan fingerprint density at radius 2 is 1.63 bits per heavy atom. The third kappa shape index (κ3) is 3.95. The van der Waals surface area contributed by atoms with Crippen LogP contribution in [0.25, 0.3) is 0 Å². The van der Waals surface area contributed by atoms with E-state index >= 15 is 0 Å². The van der Waals surface area contributed by atoms with Crippen LogP contribution in [0.2, 0.25) is 0 Å². The largest absolute Gasteiger partial charge is 0.317 e. The maximum absolute atomic E-state index is 3.44. The van der Waals surface area contributed by atoms with Gasteiger partial charge in [-0.3, -0.25) is 0 Å². The molecule has 2 heteroatoms. The highest BCUT2D eigenvalue weighted by molar-refractivity contribution is 4.91. The molecule has 0 bridgehead atoms. The summed E-state index contributed by atoms with van der Waals surface area (Å²) in [5.41, 5.74) is 0.540. The minimum atomic E-state index is 0.540. The summed E-state index contributed by atoms with van der Waals surface area (Å²) in [6, 6.07) is 2.41. The molecule has 0 radical (unpaired) electrons. The van der Waals surface area contributed by atoms with E-state index in [1.54, 1.807) is 0 Å². The van der Waals surface area contributed by atoms with Crippen molar-refractivity contribution in [3.8, 4) is 0 Å². The van der Waals surface area contributed by atoms with Gasteiger partial charge in [0.2, 0.25) is 0 Å². The van der Waals surface area contributed by atoms with E-state index in [1.165, 1.54) is 44.9 Å². The van der Waals surface area contributed by atoms with E-state index in [2.05, 4.69) is 45.1 Å². The molecular weight excluding hydrogens is 232 g/mol. The van der Waals surface area contributed by atoms with Crippen LogP contribution < -0.4 is 5.32 Å². The zero-order chi connectivity index (χ0) is 14.0. The SMILES string of the molecule is CNC1CCC(N(C)C2CC(C)CC(C)(C)C2)CC1. The first-order valence-corrected chi connectivity index (χ1v) is 8.30. The molecule has 0 aliphatic heterocycles. The molecule has 2 unspecified atom stereocenters. The summed E-state index contributed by atoms with van der Waals surface area (Å²) in [6.07, 6.45) is 9.69. The predicted molar refractivity (Wildman–Crippen MR) is 83.5 cm³/mol. The van der Waals surface area contributed by atoms with Crippen molar-refractivity contribution < 1.29 is 0 Å². The van der Waals surface area contributed by atoms with Gasteiger partial charge in [0.05, 0.1) is 0 Å². The van der Waals surface area contributed by atoms with Crippen LogP contribution in [0.15, 0.2) is 0 Å². The zero-order valence-electron chi connectivity index (χ0n) is 13.7. The molecule has 0 aromatic rings. The van der Waals surface area contributed by atoms with Crippen LogP contribution in [-0.4, -0.2) is 37.1 Å². The molecule has 2 rings (SSSR count). The van der Waals surface area contributed by atoms with Gasteiger partial charge in [-0.05, 0) is 70.4 Å². The van der Waals surface area contributed by atoms with Gasteiger partial charge in [-0.15, -0.1) is 0 Å². The Hall–Kier alpha value is -0.0800. The predicted octanol–water partition coefficient (Wildman–Crippen LogP) is 3.66. The van der Waals surface area contributed by atoms with Crippen molar-refractivity contribution in [2.24, 2.45) is 11.3 Å². The number of hydrogen-bond acceptors (Lipinski definition) is 2. The Labute approximate surface area is 120 Å². The Kier molecular flexibility index (Phi) is 4.94. The standard InChI is InChI=1S/C17H34N2/c1-13-10-16(12-17(2,3)11-13)19(5)15-8-6-14(18-4)7-9-15/h13-16,18H,6-12H2,1-5H3. The molecule has 2 aliphatic rings. The molecule has 0 aromatic carbocycles. The number of hydrogen-bond donors (Lipinski definition) is 1. The maximum atomic E-state index is 3.44. The van der Waals surface area contributed by atoms with Crippen LogP contribution in [0.3, 0.4) is 0 Å². The third-order valence-corrected chi connectivity index (χ3v) is 5.62. The first-order valence-electron chi connectivity index (χ1n) is 8.30.